The maximum atomic E-state index is 13.6. The highest BCUT2D eigenvalue weighted by molar-refractivity contribution is 6.34. The highest BCUT2D eigenvalue weighted by atomic mass is 35.5. The van der Waals surface area contributed by atoms with Crippen molar-refractivity contribution in [3.05, 3.63) is 58.1 Å². The van der Waals surface area contributed by atoms with E-state index >= 15 is 0 Å². The normalized spacial score (nSPS) is 19.6. The van der Waals surface area contributed by atoms with Gasteiger partial charge in [0.05, 0.1) is 22.4 Å². The maximum absolute atomic E-state index is 13.6. The second-order valence-corrected chi connectivity index (χ2v) is 14.4. The van der Waals surface area contributed by atoms with Crippen LogP contribution in [0, 0.1) is 23.2 Å². The Morgan fingerprint density at radius 3 is 2.00 bits per heavy atom. The number of benzene rings is 2. The van der Waals surface area contributed by atoms with Crippen LogP contribution in [-0.2, 0) is 11.3 Å². The number of piperidine rings is 1. The lowest BCUT2D eigenvalue weighted by Gasteiger charge is -2.35. The summed E-state index contributed by atoms with van der Waals surface area (Å²) in [6.07, 6.45) is -7.55. The Kier molecular flexibility index (Phi) is 11.8. The SMILES string of the molecule is CC(C)(C)C(=O)NCc1ccc(Cl)c(C(=O)Nc2ccc(N3CCC(C(F)(F)F)CC3)c(C(=O)CCC3CCC(C(F)(F)F)CC3)c2)c1. The predicted octanol–water partition coefficient (Wildman–Crippen LogP) is 9.36. The first kappa shape index (κ1) is 37.5. The Morgan fingerprint density at radius 1 is 0.812 bits per heavy atom. The number of ketones is 1. The van der Waals surface area contributed by atoms with Gasteiger partial charge in [-0.3, -0.25) is 14.4 Å². The Hall–Kier alpha value is -3.28. The molecule has 6 nitrogen and oxygen atoms in total. The van der Waals surface area contributed by atoms with Crippen LogP contribution in [0.5, 0.6) is 0 Å². The first-order valence-corrected chi connectivity index (χ1v) is 16.6. The van der Waals surface area contributed by atoms with Crippen LogP contribution in [0.25, 0.3) is 0 Å². The minimum absolute atomic E-state index is 0.0238. The van der Waals surface area contributed by atoms with Crippen LogP contribution in [0.2, 0.25) is 5.02 Å². The van der Waals surface area contributed by atoms with Crippen LogP contribution in [0.3, 0.4) is 0 Å². The number of hydrogen-bond acceptors (Lipinski definition) is 4. The second kappa shape index (κ2) is 15.1. The van der Waals surface area contributed by atoms with Gasteiger partial charge < -0.3 is 15.5 Å². The van der Waals surface area contributed by atoms with Crippen LogP contribution >= 0.6 is 11.6 Å². The molecular formula is C35H42ClF6N3O3. The zero-order chi connectivity index (χ0) is 35.4. The van der Waals surface area contributed by atoms with Crippen molar-refractivity contribution in [3.8, 4) is 0 Å². The maximum Gasteiger partial charge on any atom is 0.391 e. The fourth-order valence-corrected chi connectivity index (χ4v) is 6.51. The molecular weight excluding hydrogens is 660 g/mol. The first-order valence-electron chi connectivity index (χ1n) is 16.3. The summed E-state index contributed by atoms with van der Waals surface area (Å²) < 4.78 is 79.4. The Balaban J connectivity index is 1.51. The number of halogens is 7. The number of Topliss-reactive ketones (excluding diaryl/α,β-unsaturated/α-hetero) is 1. The molecule has 13 heteroatoms. The van der Waals surface area contributed by atoms with Gasteiger partial charge >= 0.3 is 12.4 Å². The lowest BCUT2D eigenvalue weighted by Crippen LogP contribution is -2.39. The third-order valence-electron chi connectivity index (χ3n) is 9.35. The van der Waals surface area contributed by atoms with Gasteiger partial charge in [-0.2, -0.15) is 26.3 Å². The van der Waals surface area contributed by atoms with Crippen molar-refractivity contribution in [2.75, 3.05) is 23.3 Å². The third kappa shape index (κ3) is 9.89. The standard InChI is InChI=1S/C35H42ClF6N3O3/c1-33(2,3)32(48)43-20-22-6-11-28(36)26(18-22)31(47)44-25-10-12-29(45-16-14-24(15-17-45)35(40,41)42)27(19-25)30(46)13-7-21-4-8-23(9-5-21)34(37,38)39/h6,10-12,18-19,21,23-24H,4-5,7-9,13-17,20H2,1-3H3,(H,43,48)(H,44,47). The van der Waals surface area contributed by atoms with Crippen LogP contribution in [0.4, 0.5) is 37.7 Å². The minimum Gasteiger partial charge on any atom is -0.371 e. The molecule has 48 heavy (non-hydrogen) atoms. The molecule has 1 saturated carbocycles. The molecule has 0 unspecified atom stereocenters. The van der Waals surface area contributed by atoms with Crippen LogP contribution in [0.1, 0.15) is 98.4 Å². The van der Waals surface area contributed by atoms with Gasteiger partial charge in [0.15, 0.2) is 5.78 Å². The monoisotopic (exact) mass is 701 g/mol. The van der Waals surface area contributed by atoms with Gasteiger partial charge in [-0.25, -0.2) is 0 Å². The summed E-state index contributed by atoms with van der Waals surface area (Å²) in [5, 5.41) is 5.74. The molecule has 2 fully saturated rings. The smallest absolute Gasteiger partial charge is 0.371 e. The quantitative estimate of drug-likeness (QED) is 0.202. The van der Waals surface area contributed by atoms with Gasteiger partial charge in [-0.05, 0) is 86.8 Å². The summed E-state index contributed by atoms with van der Waals surface area (Å²) in [5.74, 6) is -3.83. The van der Waals surface area contributed by atoms with E-state index in [0.717, 1.165) is 0 Å². The molecule has 264 valence electrons. The molecule has 2 amide bonds. The first-order chi connectivity index (χ1) is 22.3. The van der Waals surface area contributed by atoms with E-state index in [0.29, 0.717) is 30.5 Å². The van der Waals surface area contributed by atoms with Crippen molar-refractivity contribution in [3.63, 3.8) is 0 Å². The second-order valence-electron chi connectivity index (χ2n) is 14.0. The summed E-state index contributed by atoms with van der Waals surface area (Å²) >= 11 is 6.34. The number of rotatable bonds is 9. The number of hydrogen-bond donors (Lipinski definition) is 2. The summed E-state index contributed by atoms with van der Waals surface area (Å²) in [4.78, 5) is 41.0. The highest BCUT2D eigenvalue weighted by Crippen LogP contribution is 2.41. The van der Waals surface area contributed by atoms with Crippen LogP contribution in [-0.4, -0.2) is 43.0 Å². The number of carbonyl (C=O) groups is 3. The fourth-order valence-electron chi connectivity index (χ4n) is 6.31. The number of amides is 2. The average molecular weight is 702 g/mol. The van der Waals surface area contributed by atoms with Crippen molar-refractivity contribution in [2.45, 2.75) is 91.0 Å². The topological polar surface area (TPSA) is 78.5 Å². The van der Waals surface area contributed by atoms with Gasteiger partial charge in [-0.1, -0.05) is 38.4 Å². The number of nitrogens with zero attached hydrogens (tertiary/aromatic N) is 1. The van der Waals surface area contributed by atoms with Gasteiger partial charge in [0.1, 0.15) is 0 Å². The van der Waals surface area contributed by atoms with Gasteiger partial charge in [0, 0.05) is 48.4 Å². The number of nitrogens with one attached hydrogen (secondary N) is 2. The number of anilines is 2. The Morgan fingerprint density at radius 2 is 1.42 bits per heavy atom. The molecule has 2 N–H and O–H groups in total. The van der Waals surface area contributed by atoms with Crippen molar-refractivity contribution >= 4 is 40.6 Å². The molecule has 2 aromatic rings. The molecule has 0 aromatic heterocycles. The molecule has 2 aliphatic rings. The molecule has 1 aliphatic carbocycles. The summed E-state index contributed by atoms with van der Waals surface area (Å²) in [6, 6.07) is 9.45. The van der Waals surface area contributed by atoms with E-state index in [1.165, 1.54) is 6.07 Å². The molecule has 0 spiro atoms. The number of alkyl halides is 6. The van der Waals surface area contributed by atoms with E-state index in [2.05, 4.69) is 10.6 Å². The zero-order valence-corrected chi connectivity index (χ0v) is 28.0. The molecule has 0 bridgehead atoms. The molecule has 2 aromatic carbocycles. The summed E-state index contributed by atoms with van der Waals surface area (Å²) in [5.41, 5.74) is 1.13. The lowest BCUT2D eigenvalue weighted by molar-refractivity contribution is -0.184. The Bertz CT molecular complexity index is 1470. The summed E-state index contributed by atoms with van der Waals surface area (Å²) in [6.45, 7) is 5.68. The predicted molar refractivity (Wildman–Crippen MR) is 173 cm³/mol. The fraction of sp³-hybridized carbons (Fsp3) is 0.571. The van der Waals surface area contributed by atoms with Crippen molar-refractivity contribution in [2.24, 2.45) is 23.2 Å². The molecule has 4 rings (SSSR count). The van der Waals surface area contributed by atoms with Gasteiger partial charge in [0.2, 0.25) is 5.91 Å². The minimum atomic E-state index is -4.30. The molecule has 0 atom stereocenters. The van der Waals surface area contributed by atoms with Crippen molar-refractivity contribution < 1.29 is 40.7 Å². The summed E-state index contributed by atoms with van der Waals surface area (Å²) in [7, 11) is 0. The molecule has 1 aliphatic heterocycles. The van der Waals surface area contributed by atoms with E-state index in [-0.39, 0.29) is 91.2 Å². The van der Waals surface area contributed by atoms with Crippen LogP contribution in [0.15, 0.2) is 36.4 Å². The van der Waals surface area contributed by atoms with E-state index < -0.39 is 35.5 Å². The molecule has 1 heterocycles. The van der Waals surface area contributed by atoms with Crippen molar-refractivity contribution in [1.29, 1.82) is 0 Å². The lowest BCUT2D eigenvalue weighted by atomic mass is 9.79. The average Bonchev–Trinajstić information content (AvgIpc) is 3.02. The van der Waals surface area contributed by atoms with Gasteiger partial charge in [0.25, 0.3) is 5.91 Å². The van der Waals surface area contributed by atoms with E-state index in [4.69, 9.17) is 11.6 Å². The van der Waals surface area contributed by atoms with Crippen molar-refractivity contribution in [1.82, 2.24) is 5.32 Å². The van der Waals surface area contributed by atoms with E-state index in [9.17, 15) is 40.7 Å². The van der Waals surface area contributed by atoms with E-state index in [1.54, 1.807) is 56.0 Å². The van der Waals surface area contributed by atoms with E-state index in [1.807, 2.05) is 0 Å². The zero-order valence-electron chi connectivity index (χ0n) is 27.3. The molecule has 0 radical (unpaired) electrons. The van der Waals surface area contributed by atoms with Crippen LogP contribution < -0.4 is 15.5 Å². The number of carbonyl (C=O) groups excluding carboxylic acids is 3. The molecule has 1 saturated heterocycles. The highest BCUT2D eigenvalue weighted by Gasteiger charge is 2.42. The van der Waals surface area contributed by atoms with Gasteiger partial charge in [-0.15, -0.1) is 0 Å². The largest absolute Gasteiger partial charge is 0.391 e. The third-order valence-corrected chi connectivity index (χ3v) is 9.68. The Labute approximate surface area is 282 Å².